The highest BCUT2D eigenvalue weighted by molar-refractivity contribution is 6.00. The largest absolute Gasteiger partial charge is 0.401 e. The van der Waals surface area contributed by atoms with Crippen LogP contribution in [0.5, 0.6) is 0 Å². The number of nitrogens with two attached hydrogens (primary N) is 2. The van der Waals surface area contributed by atoms with Crippen LogP contribution < -0.4 is 22.5 Å². The Morgan fingerprint density at radius 2 is 1.52 bits per heavy atom. The van der Waals surface area contributed by atoms with Gasteiger partial charge < -0.3 is 25.5 Å². The van der Waals surface area contributed by atoms with Gasteiger partial charge in [-0.3, -0.25) is 24.6 Å². The lowest BCUT2D eigenvalue weighted by Gasteiger charge is -2.14. The van der Waals surface area contributed by atoms with Gasteiger partial charge in [0.1, 0.15) is 41.7 Å². The zero-order valence-corrected chi connectivity index (χ0v) is 35.8. The topological polar surface area (TPSA) is 195 Å². The quantitative estimate of drug-likeness (QED) is 0.0603. The second-order valence-electron chi connectivity index (χ2n) is 15.8. The zero-order valence-electron chi connectivity index (χ0n) is 35.8. The third-order valence-corrected chi connectivity index (χ3v) is 11.0. The molecule has 6 aromatic rings. The summed E-state index contributed by atoms with van der Waals surface area (Å²) in [7, 11) is 3.81. The predicted molar refractivity (Wildman–Crippen MR) is 254 cm³/mol. The number of carbonyl (C=O) groups is 3. The standard InChI is InChI=1S/C50H42F2N10O4/c1-60(26-49-55-11-14-61(49)2)12-8-34-19-32(3-4-36(34)29-65)38-22-44(52)42-16-31(28-64)18-48(58-46(42)24-38)59-56-10-7-39(53)25-62-13-9-35-20-33(5-6-40(35)50(62)66)37-21-43(51)41-15-30(27-63)17-47(54)57-45(41)23-37/h3-16,19-24,27-29H,17-18,25-26,53H2,1-2H3,(H2,54,57)(H,58,59)/b12-8-,39-7?,56-10?. The van der Waals surface area contributed by atoms with Gasteiger partial charge in [0.25, 0.3) is 5.56 Å². The van der Waals surface area contributed by atoms with Gasteiger partial charge in [0, 0.05) is 90.7 Å². The average Bonchev–Trinajstić information content (AvgIpc) is 3.50. The highest BCUT2D eigenvalue weighted by Gasteiger charge is 2.19. The van der Waals surface area contributed by atoms with E-state index in [2.05, 4.69) is 25.5 Å². The summed E-state index contributed by atoms with van der Waals surface area (Å²) in [5, 5.41) is 5.26. The second-order valence-corrected chi connectivity index (χ2v) is 15.8. The fourth-order valence-electron chi connectivity index (χ4n) is 7.61. The van der Waals surface area contributed by atoms with Crippen molar-refractivity contribution in [1.82, 2.24) is 24.4 Å². The summed E-state index contributed by atoms with van der Waals surface area (Å²) in [6.45, 7) is 0.582. The smallest absolute Gasteiger partial charge is 0.258 e. The molecule has 4 aromatic carbocycles. The van der Waals surface area contributed by atoms with Gasteiger partial charge in [-0.05, 0) is 112 Å². The minimum atomic E-state index is -0.586. The van der Waals surface area contributed by atoms with Gasteiger partial charge in [0.2, 0.25) is 0 Å². The summed E-state index contributed by atoms with van der Waals surface area (Å²) in [4.78, 5) is 64.2. The molecule has 5 N–H and O–H groups in total. The molecule has 0 aliphatic carbocycles. The Labute approximate surface area is 377 Å². The van der Waals surface area contributed by atoms with Gasteiger partial charge >= 0.3 is 0 Å². The highest BCUT2D eigenvalue weighted by Crippen LogP contribution is 2.36. The van der Waals surface area contributed by atoms with Crippen LogP contribution in [-0.2, 0) is 29.7 Å². The monoisotopic (exact) mass is 884 g/mol. The third kappa shape index (κ3) is 9.62. The normalized spacial score (nSPS) is 13.8. The molecule has 2 aliphatic rings. The first-order chi connectivity index (χ1) is 31.9. The van der Waals surface area contributed by atoms with Crippen molar-refractivity contribution in [1.29, 1.82) is 0 Å². The molecule has 66 heavy (non-hydrogen) atoms. The number of imidazole rings is 1. The molecule has 0 spiro atoms. The van der Waals surface area contributed by atoms with Crippen LogP contribution in [0.25, 0.3) is 51.3 Å². The van der Waals surface area contributed by atoms with E-state index in [0.29, 0.717) is 80.2 Å². The van der Waals surface area contributed by atoms with E-state index in [0.717, 1.165) is 12.1 Å². The maximum Gasteiger partial charge on any atom is 0.258 e. The lowest BCUT2D eigenvalue weighted by molar-refractivity contribution is -0.105. The molecular weight excluding hydrogens is 843 g/mol. The Bertz CT molecular complexity index is 3250. The van der Waals surface area contributed by atoms with E-state index >= 15 is 8.78 Å². The number of carbonyl (C=O) groups excluding carboxylic acids is 3. The number of nitrogens with zero attached hydrogens (tertiary/aromatic N) is 7. The lowest BCUT2D eigenvalue weighted by atomic mass is 9.97. The number of pyridine rings is 1. The number of hydrogen-bond acceptors (Lipinski definition) is 12. The molecule has 0 amide bonds. The molecule has 0 bridgehead atoms. The molecule has 0 saturated carbocycles. The van der Waals surface area contributed by atoms with Crippen molar-refractivity contribution < 1.29 is 23.2 Å². The van der Waals surface area contributed by atoms with Crippen LogP contribution in [0.15, 0.2) is 134 Å². The Hall–Kier alpha value is -8.66. The van der Waals surface area contributed by atoms with E-state index in [-0.39, 0.29) is 59.0 Å². The van der Waals surface area contributed by atoms with Crippen molar-refractivity contribution >= 4 is 77.1 Å². The van der Waals surface area contributed by atoms with Crippen molar-refractivity contribution in [2.75, 3.05) is 7.05 Å². The summed E-state index contributed by atoms with van der Waals surface area (Å²) >= 11 is 0. The summed E-state index contributed by atoms with van der Waals surface area (Å²) in [5.41, 5.74) is 20.0. The van der Waals surface area contributed by atoms with Crippen LogP contribution >= 0.6 is 0 Å². The number of amidine groups is 2. The molecule has 8 rings (SSSR count). The minimum absolute atomic E-state index is 0.0375. The van der Waals surface area contributed by atoms with Crippen molar-refractivity contribution in [3.05, 3.63) is 165 Å². The molecule has 0 radical (unpaired) electrons. The van der Waals surface area contributed by atoms with Gasteiger partial charge in [0.15, 0.2) is 6.29 Å². The molecule has 4 heterocycles. The summed E-state index contributed by atoms with van der Waals surface area (Å²) in [6, 6.07) is 18.2. The van der Waals surface area contributed by atoms with E-state index in [1.807, 2.05) is 42.0 Å². The predicted octanol–water partition coefficient (Wildman–Crippen LogP) is 7.37. The molecule has 0 fully saturated rings. The first-order valence-electron chi connectivity index (χ1n) is 20.6. The molecule has 0 saturated heterocycles. The number of aldehydes is 3. The van der Waals surface area contributed by atoms with Crippen LogP contribution in [0.1, 0.15) is 45.7 Å². The first-order valence-corrected chi connectivity index (χ1v) is 20.6. The molecule has 0 unspecified atom stereocenters. The summed E-state index contributed by atoms with van der Waals surface area (Å²) in [6.07, 6.45) is 16.8. The van der Waals surface area contributed by atoms with Crippen LogP contribution in [0.4, 0.5) is 20.2 Å². The van der Waals surface area contributed by atoms with Crippen molar-refractivity contribution in [2.45, 2.75) is 25.9 Å². The highest BCUT2D eigenvalue weighted by atomic mass is 19.1. The van der Waals surface area contributed by atoms with Gasteiger partial charge in [-0.15, -0.1) is 0 Å². The number of fused-ring (bicyclic) bond motifs is 3. The summed E-state index contributed by atoms with van der Waals surface area (Å²) < 4.78 is 34.4. The molecule has 330 valence electrons. The van der Waals surface area contributed by atoms with Gasteiger partial charge in [-0.2, -0.15) is 5.10 Å². The molecule has 0 atom stereocenters. The lowest BCUT2D eigenvalue weighted by Crippen LogP contribution is -2.22. The number of benzene rings is 4. The Kier molecular flexibility index (Phi) is 12.6. The molecule has 2 aliphatic heterocycles. The van der Waals surface area contributed by atoms with Gasteiger partial charge in [0.05, 0.1) is 24.5 Å². The van der Waals surface area contributed by atoms with Gasteiger partial charge in [-0.25, -0.2) is 23.7 Å². The number of allylic oxidation sites excluding steroid dienone is 2. The van der Waals surface area contributed by atoms with Crippen LogP contribution in [0.2, 0.25) is 0 Å². The van der Waals surface area contributed by atoms with E-state index < -0.39 is 11.6 Å². The minimum Gasteiger partial charge on any atom is -0.401 e. The number of hydrogen-bond donors (Lipinski definition) is 3. The number of hydrazone groups is 1. The number of nitrogens with one attached hydrogen (secondary N) is 1. The summed E-state index contributed by atoms with van der Waals surface area (Å²) in [5.74, 6) is 0.180. The third-order valence-electron chi connectivity index (χ3n) is 11.0. The van der Waals surface area contributed by atoms with Crippen molar-refractivity contribution in [3.8, 4) is 22.3 Å². The average molecular weight is 885 g/mol. The maximum atomic E-state index is 15.8. The Balaban J connectivity index is 0.975. The number of aryl methyl sites for hydroxylation is 1. The van der Waals surface area contributed by atoms with E-state index in [9.17, 15) is 19.2 Å². The second kappa shape index (κ2) is 19.0. The van der Waals surface area contributed by atoms with Crippen molar-refractivity contribution in [3.63, 3.8) is 0 Å². The fraction of sp³-hybridized carbons (Fsp3) is 0.120. The SMILES string of the molecule is CN(/C=C\c1cc(-c2cc(F)c3c(c2)N=C(NN=CC=C(N)Cn2ccc4cc(-c5cc(F)c6c(c5)N=C(N)CC(C=O)=C6)ccc4c2=O)CC(C=O)=C3)ccc1C=O)Cc1nccn1C. The first kappa shape index (κ1) is 44.0. The van der Waals surface area contributed by atoms with Gasteiger partial charge in [-0.1, -0.05) is 18.2 Å². The van der Waals surface area contributed by atoms with Crippen LogP contribution in [0.3, 0.4) is 0 Å². The fourth-order valence-corrected chi connectivity index (χ4v) is 7.61. The van der Waals surface area contributed by atoms with Crippen LogP contribution in [-0.4, -0.2) is 62.8 Å². The molecule has 14 nitrogen and oxygen atoms in total. The molecule has 2 aromatic heterocycles. The Morgan fingerprint density at radius 1 is 0.833 bits per heavy atom. The van der Waals surface area contributed by atoms with Crippen molar-refractivity contribution in [2.24, 2.45) is 33.6 Å². The number of aromatic nitrogens is 3. The number of aliphatic imine (C=N–C) groups is 2. The Morgan fingerprint density at radius 3 is 2.20 bits per heavy atom. The maximum absolute atomic E-state index is 15.8. The van der Waals surface area contributed by atoms with E-state index in [1.54, 1.807) is 67.0 Å². The van der Waals surface area contributed by atoms with E-state index in [4.69, 9.17) is 11.5 Å². The van der Waals surface area contributed by atoms with Crippen LogP contribution in [0, 0.1) is 11.6 Å². The number of halogens is 2. The van der Waals surface area contributed by atoms with E-state index in [1.165, 1.54) is 41.1 Å². The molecule has 16 heteroatoms. The molecular formula is C50H42F2N10O4. The number of rotatable bonds is 13. The zero-order chi connectivity index (χ0) is 46.5.